The number of aromatic nitrogens is 2. The number of amides is 1. The zero-order valence-electron chi connectivity index (χ0n) is 9.25. The number of nitrogens with one attached hydrogen (secondary N) is 2. The highest BCUT2D eigenvalue weighted by atomic mass is 32.2. The molecule has 0 bridgehead atoms. The van der Waals surface area contributed by atoms with Crippen LogP contribution in [-0.4, -0.2) is 33.7 Å². The molecule has 1 aliphatic rings. The summed E-state index contributed by atoms with van der Waals surface area (Å²) < 4.78 is 0. The average molecular weight is 240 g/mol. The highest BCUT2D eigenvalue weighted by molar-refractivity contribution is 7.99. The van der Waals surface area contributed by atoms with E-state index in [1.807, 2.05) is 18.7 Å². The van der Waals surface area contributed by atoms with Gasteiger partial charge in [0.25, 0.3) is 5.91 Å². The van der Waals surface area contributed by atoms with Gasteiger partial charge in [-0.1, -0.05) is 6.92 Å². The van der Waals surface area contributed by atoms with Crippen molar-refractivity contribution in [2.45, 2.75) is 25.8 Å². The molecule has 1 saturated heterocycles. The Morgan fingerprint density at radius 2 is 2.56 bits per heavy atom. The first kappa shape index (κ1) is 11.3. The van der Waals surface area contributed by atoms with Crippen molar-refractivity contribution >= 4 is 23.4 Å². The lowest BCUT2D eigenvalue weighted by Crippen LogP contribution is -2.35. The molecule has 1 aromatic rings. The van der Waals surface area contributed by atoms with E-state index in [0.717, 1.165) is 30.0 Å². The molecule has 4 N–H and O–H groups in total. The smallest absolute Gasteiger partial charge is 0.274 e. The van der Waals surface area contributed by atoms with E-state index in [1.165, 1.54) is 0 Å². The van der Waals surface area contributed by atoms with Gasteiger partial charge in [0.15, 0.2) is 5.69 Å². The van der Waals surface area contributed by atoms with Gasteiger partial charge in [-0.15, -0.1) is 0 Å². The average Bonchev–Trinajstić information content (AvgIpc) is 2.87. The van der Waals surface area contributed by atoms with E-state index < -0.39 is 0 Å². The van der Waals surface area contributed by atoms with Crippen LogP contribution in [-0.2, 0) is 6.42 Å². The molecule has 1 aliphatic heterocycles. The van der Waals surface area contributed by atoms with Crippen LogP contribution in [0.5, 0.6) is 0 Å². The zero-order valence-corrected chi connectivity index (χ0v) is 10.1. The standard InChI is InChI=1S/C10H16N4OS/c1-2-7-8(11)9(14-13-7)10(15)12-6-3-4-16-5-6/h6H,2-5,11H2,1H3,(H,12,15)(H,13,14). The van der Waals surface area contributed by atoms with Crippen LogP contribution in [0.4, 0.5) is 5.69 Å². The molecule has 2 heterocycles. The van der Waals surface area contributed by atoms with Crippen molar-refractivity contribution in [3.05, 3.63) is 11.4 Å². The molecule has 1 amide bonds. The van der Waals surface area contributed by atoms with E-state index >= 15 is 0 Å². The first-order valence-electron chi connectivity index (χ1n) is 5.43. The normalized spacial score (nSPS) is 19.9. The topological polar surface area (TPSA) is 83.8 Å². The number of anilines is 1. The Kier molecular flexibility index (Phi) is 3.38. The molecule has 0 aromatic carbocycles. The van der Waals surface area contributed by atoms with Gasteiger partial charge in [-0.25, -0.2) is 0 Å². The lowest BCUT2D eigenvalue weighted by molar-refractivity contribution is 0.0937. The molecule has 1 atom stereocenters. The first-order valence-corrected chi connectivity index (χ1v) is 6.59. The van der Waals surface area contributed by atoms with Crippen molar-refractivity contribution in [3.8, 4) is 0 Å². The molecule has 2 rings (SSSR count). The summed E-state index contributed by atoms with van der Waals surface area (Å²) in [6.45, 7) is 1.97. The Morgan fingerprint density at radius 1 is 1.75 bits per heavy atom. The second kappa shape index (κ2) is 4.78. The Bertz CT molecular complexity index is 384. The number of H-pyrrole nitrogens is 1. The zero-order chi connectivity index (χ0) is 11.5. The van der Waals surface area contributed by atoms with Crippen LogP contribution >= 0.6 is 11.8 Å². The van der Waals surface area contributed by atoms with E-state index in [2.05, 4.69) is 15.5 Å². The number of hydrogen-bond acceptors (Lipinski definition) is 4. The summed E-state index contributed by atoms with van der Waals surface area (Å²) in [6.07, 6.45) is 1.78. The maximum Gasteiger partial charge on any atom is 0.274 e. The van der Waals surface area contributed by atoms with Gasteiger partial charge in [-0.05, 0) is 18.6 Å². The lowest BCUT2D eigenvalue weighted by Gasteiger charge is -2.09. The fraction of sp³-hybridized carbons (Fsp3) is 0.600. The Labute approximate surface area is 98.6 Å². The first-order chi connectivity index (χ1) is 7.72. The lowest BCUT2D eigenvalue weighted by atomic mass is 10.2. The van der Waals surface area contributed by atoms with Crippen molar-refractivity contribution in [2.24, 2.45) is 0 Å². The Balaban J connectivity index is 2.05. The van der Waals surface area contributed by atoms with Gasteiger partial charge in [0.2, 0.25) is 0 Å². The Hall–Kier alpha value is -1.17. The highest BCUT2D eigenvalue weighted by Gasteiger charge is 2.22. The minimum absolute atomic E-state index is 0.166. The van der Waals surface area contributed by atoms with Crippen molar-refractivity contribution < 1.29 is 4.79 Å². The predicted molar refractivity (Wildman–Crippen MR) is 65.6 cm³/mol. The van der Waals surface area contributed by atoms with Crippen molar-refractivity contribution in [2.75, 3.05) is 17.2 Å². The quantitative estimate of drug-likeness (QED) is 0.729. The molecule has 0 saturated carbocycles. The molecule has 1 fully saturated rings. The number of nitrogen functional groups attached to an aromatic ring is 1. The number of thioether (sulfide) groups is 1. The summed E-state index contributed by atoms with van der Waals surface area (Å²) >= 11 is 1.86. The summed E-state index contributed by atoms with van der Waals surface area (Å²) in [7, 11) is 0. The SMILES string of the molecule is CCc1[nH]nc(C(=O)NC2CCSC2)c1N. The molecule has 1 unspecified atom stereocenters. The van der Waals surface area contributed by atoms with Gasteiger partial charge in [-0.2, -0.15) is 16.9 Å². The van der Waals surface area contributed by atoms with Gasteiger partial charge in [0, 0.05) is 11.8 Å². The second-order valence-corrected chi connectivity index (χ2v) is 5.00. The fourth-order valence-corrected chi connectivity index (χ4v) is 2.88. The van der Waals surface area contributed by atoms with Crippen LogP contribution in [0.1, 0.15) is 29.5 Å². The van der Waals surface area contributed by atoms with E-state index in [-0.39, 0.29) is 11.9 Å². The second-order valence-electron chi connectivity index (χ2n) is 3.85. The van der Waals surface area contributed by atoms with E-state index in [4.69, 9.17) is 5.73 Å². The monoisotopic (exact) mass is 240 g/mol. The molecule has 6 heteroatoms. The van der Waals surface area contributed by atoms with E-state index in [9.17, 15) is 4.79 Å². The number of carbonyl (C=O) groups is 1. The van der Waals surface area contributed by atoms with Crippen LogP contribution < -0.4 is 11.1 Å². The predicted octanol–water partition coefficient (Wildman–Crippen LogP) is 0.790. The third kappa shape index (κ3) is 2.16. The molecule has 88 valence electrons. The summed E-state index contributed by atoms with van der Waals surface area (Å²) in [6, 6.07) is 0.263. The molecule has 0 radical (unpaired) electrons. The molecule has 0 aliphatic carbocycles. The van der Waals surface area contributed by atoms with Crippen molar-refractivity contribution in [3.63, 3.8) is 0 Å². The summed E-state index contributed by atoms with van der Waals surface area (Å²) in [4.78, 5) is 11.9. The number of rotatable bonds is 3. The largest absolute Gasteiger partial charge is 0.395 e. The third-order valence-corrected chi connectivity index (χ3v) is 3.88. The number of carbonyl (C=O) groups excluding carboxylic acids is 1. The summed E-state index contributed by atoms with van der Waals surface area (Å²) in [5, 5.41) is 9.70. The minimum atomic E-state index is -0.166. The van der Waals surface area contributed by atoms with Gasteiger partial charge >= 0.3 is 0 Å². The minimum Gasteiger partial charge on any atom is -0.395 e. The van der Waals surface area contributed by atoms with Crippen LogP contribution in [0, 0.1) is 0 Å². The number of nitrogens with two attached hydrogens (primary N) is 1. The summed E-state index contributed by atoms with van der Waals surface area (Å²) in [5.41, 5.74) is 7.46. The van der Waals surface area contributed by atoms with Gasteiger partial charge in [-0.3, -0.25) is 9.89 Å². The van der Waals surface area contributed by atoms with E-state index in [0.29, 0.717) is 11.4 Å². The van der Waals surface area contributed by atoms with Crippen molar-refractivity contribution in [1.29, 1.82) is 0 Å². The molecular weight excluding hydrogens is 224 g/mol. The van der Waals surface area contributed by atoms with Crippen molar-refractivity contribution in [1.82, 2.24) is 15.5 Å². The molecular formula is C10H16N4OS. The highest BCUT2D eigenvalue weighted by Crippen LogP contribution is 2.19. The number of hydrogen-bond donors (Lipinski definition) is 3. The molecule has 5 nitrogen and oxygen atoms in total. The van der Waals surface area contributed by atoms with Gasteiger partial charge in [0.05, 0.1) is 11.4 Å². The van der Waals surface area contributed by atoms with Crippen LogP contribution in [0.15, 0.2) is 0 Å². The van der Waals surface area contributed by atoms with Gasteiger partial charge < -0.3 is 11.1 Å². The number of aryl methyl sites for hydroxylation is 1. The fourth-order valence-electron chi connectivity index (χ4n) is 1.73. The maximum atomic E-state index is 11.9. The molecule has 16 heavy (non-hydrogen) atoms. The molecule has 1 aromatic heterocycles. The molecule has 0 spiro atoms. The van der Waals surface area contributed by atoms with Crippen LogP contribution in [0.3, 0.4) is 0 Å². The number of aromatic amines is 1. The Morgan fingerprint density at radius 3 is 3.12 bits per heavy atom. The number of nitrogens with zero attached hydrogens (tertiary/aromatic N) is 1. The van der Waals surface area contributed by atoms with Gasteiger partial charge in [0.1, 0.15) is 0 Å². The van der Waals surface area contributed by atoms with Crippen LogP contribution in [0.25, 0.3) is 0 Å². The van der Waals surface area contributed by atoms with E-state index in [1.54, 1.807) is 0 Å². The maximum absolute atomic E-state index is 11.9. The van der Waals surface area contributed by atoms with Crippen LogP contribution in [0.2, 0.25) is 0 Å². The summed E-state index contributed by atoms with van der Waals surface area (Å²) in [5.74, 6) is 1.93. The third-order valence-electron chi connectivity index (χ3n) is 2.72.